The predicted octanol–water partition coefficient (Wildman–Crippen LogP) is 4.02. The number of aromatic nitrogens is 2. The van der Waals surface area contributed by atoms with E-state index in [1.807, 2.05) is 36.4 Å². The van der Waals surface area contributed by atoms with Crippen LogP contribution >= 0.6 is 0 Å². The SMILES string of the molecule is Cc1cc(C2=CNN3C2=CN(c2ccc(C(F)(F)F)c(C)n2)CC3C)ccn1. The zero-order chi connectivity index (χ0) is 20.1. The van der Waals surface area contributed by atoms with Crippen LogP contribution in [0.2, 0.25) is 0 Å². The molecule has 1 N–H and O–H groups in total. The summed E-state index contributed by atoms with van der Waals surface area (Å²) in [5.74, 6) is 0.502. The first-order valence-corrected chi connectivity index (χ1v) is 8.96. The number of allylic oxidation sites excluding steroid dienone is 1. The lowest BCUT2D eigenvalue weighted by molar-refractivity contribution is -0.138. The van der Waals surface area contributed by atoms with Crippen LogP contribution in [-0.4, -0.2) is 27.6 Å². The standard InChI is InChI=1S/C20H20F3N5/c1-12-8-15(6-7-24-12)16-9-25-28-13(2)10-27(11-18(16)28)19-5-4-17(14(3)26-19)20(21,22)23/h4-9,11,13,25H,10H2,1-3H3. The van der Waals surface area contributed by atoms with E-state index in [4.69, 9.17) is 0 Å². The van der Waals surface area contributed by atoms with Gasteiger partial charge in [-0.25, -0.2) is 4.98 Å². The van der Waals surface area contributed by atoms with E-state index in [1.54, 1.807) is 6.20 Å². The number of alkyl halides is 3. The van der Waals surface area contributed by atoms with E-state index < -0.39 is 11.7 Å². The Morgan fingerprint density at radius 3 is 2.64 bits per heavy atom. The highest BCUT2D eigenvalue weighted by Gasteiger charge is 2.35. The molecule has 2 aliphatic heterocycles. The van der Waals surface area contributed by atoms with Crippen LogP contribution in [0.4, 0.5) is 19.0 Å². The van der Waals surface area contributed by atoms with E-state index in [1.165, 1.54) is 13.0 Å². The average Bonchev–Trinajstić information content (AvgIpc) is 3.05. The van der Waals surface area contributed by atoms with E-state index in [9.17, 15) is 13.2 Å². The summed E-state index contributed by atoms with van der Waals surface area (Å²) in [4.78, 5) is 10.4. The molecule has 4 heterocycles. The Labute approximate surface area is 161 Å². The molecule has 2 aromatic heterocycles. The van der Waals surface area contributed by atoms with Crippen LogP contribution in [0.3, 0.4) is 0 Å². The Balaban J connectivity index is 1.71. The average molecular weight is 387 g/mol. The minimum Gasteiger partial charge on any atom is -0.329 e. The van der Waals surface area contributed by atoms with Crippen molar-refractivity contribution in [3.05, 3.63) is 71.1 Å². The number of aryl methyl sites for hydroxylation is 2. The van der Waals surface area contributed by atoms with Gasteiger partial charge >= 0.3 is 6.18 Å². The van der Waals surface area contributed by atoms with Crippen LogP contribution in [0, 0.1) is 13.8 Å². The van der Waals surface area contributed by atoms with Crippen LogP contribution in [0.5, 0.6) is 0 Å². The second-order valence-electron chi connectivity index (χ2n) is 7.06. The fraction of sp³-hybridized carbons (Fsp3) is 0.300. The third-order valence-electron chi connectivity index (χ3n) is 4.94. The number of halogens is 3. The molecule has 28 heavy (non-hydrogen) atoms. The molecule has 4 rings (SSSR count). The van der Waals surface area contributed by atoms with Crippen molar-refractivity contribution < 1.29 is 13.2 Å². The summed E-state index contributed by atoms with van der Waals surface area (Å²) in [6, 6.07) is 6.57. The van der Waals surface area contributed by atoms with Gasteiger partial charge in [0.2, 0.25) is 0 Å². The summed E-state index contributed by atoms with van der Waals surface area (Å²) in [5, 5.41) is 2.05. The maximum atomic E-state index is 13.0. The molecule has 0 bridgehead atoms. The fourth-order valence-corrected chi connectivity index (χ4v) is 3.58. The van der Waals surface area contributed by atoms with Crippen molar-refractivity contribution in [3.8, 4) is 0 Å². The van der Waals surface area contributed by atoms with Gasteiger partial charge in [-0.3, -0.25) is 9.99 Å². The van der Waals surface area contributed by atoms with Gasteiger partial charge in [0.05, 0.1) is 23.0 Å². The lowest BCUT2D eigenvalue weighted by atomic mass is 10.0. The summed E-state index contributed by atoms with van der Waals surface area (Å²) >= 11 is 0. The molecule has 0 spiro atoms. The van der Waals surface area contributed by atoms with Gasteiger partial charge in [0.1, 0.15) is 5.82 Å². The number of nitrogens with one attached hydrogen (secondary N) is 1. The second-order valence-corrected chi connectivity index (χ2v) is 7.06. The number of anilines is 1. The number of hydrogen-bond donors (Lipinski definition) is 1. The maximum Gasteiger partial charge on any atom is 0.418 e. The number of fused-ring (bicyclic) bond motifs is 1. The van der Waals surface area contributed by atoms with Gasteiger partial charge in [0.15, 0.2) is 0 Å². The van der Waals surface area contributed by atoms with Gasteiger partial charge < -0.3 is 10.3 Å². The minimum absolute atomic E-state index is 0.0245. The Morgan fingerprint density at radius 2 is 1.96 bits per heavy atom. The minimum atomic E-state index is -4.40. The fourth-order valence-electron chi connectivity index (χ4n) is 3.58. The third kappa shape index (κ3) is 3.19. The highest BCUT2D eigenvalue weighted by Crippen LogP contribution is 2.36. The molecule has 0 aliphatic carbocycles. The van der Waals surface area contributed by atoms with Crippen molar-refractivity contribution in [2.75, 3.05) is 11.4 Å². The maximum absolute atomic E-state index is 13.0. The number of nitrogens with zero attached hydrogens (tertiary/aromatic N) is 4. The zero-order valence-electron chi connectivity index (χ0n) is 15.7. The molecule has 0 aromatic carbocycles. The normalized spacial score (nSPS) is 19.1. The van der Waals surface area contributed by atoms with Crippen molar-refractivity contribution >= 4 is 11.4 Å². The molecule has 146 valence electrons. The first-order chi connectivity index (χ1) is 13.2. The van der Waals surface area contributed by atoms with Crippen molar-refractivity contribution in [1.29, 1.82) is 0 Å². The van der Waals surface area contributed by atoms with Gasteiger partial charge in [-0.1, -0.05) is 0 Å². The van der Waals surface area contributed by atoms with E-state index in [0.29, 0.717) is 12.4 Å². The molecule has 0 saturated heterocycles. The summed E-state index contributed by atoms with van der Waals surface area (Å²) in [7, 11) is 0. The molecular weight excluding hydrogens is 367 g/mol. The van der Waals surface area contributed by atoms with E-state index in [2.05, 4.69) is 27.3 Å². The van der Waals surface area contributed by atoms with Crippen molar-refractivity contribution in [3.63, 3.8) is 0 Å². The van der Waals surface area contributed by atoms with Crippen molar-refractivity contribution in [2.45, 2.75) is 33.0 Å². The Morgan fingerprint density at radius 1 is 1.18 bits per heavy atom. The molecule has 2 aromatic rings. The highest BCUT2D eigenvalue weighted by molar-refractivity contribution is 5.81. The third-order valence-corrected chi connectivity index (χ3v) is 4.94. The molecule has 8 heteroatoms. The first-order valence-electron chi connectivity index (χ1n) is 8.96. The van der Waals surface area contributed by atoms with Gasteiger partial charge in [-0.2, -0.15) is 13.2 Å². The predicted molar refractivity (Wildman–Crippen MR) is 101 cm³/mol. The van der Waals surface area contributed by atoms with Gasteiger partial charge in [-0.05, 0) is 50.6 Å². The van der Waals surface area contributed by atoms with Gasteiger partial charge in [0, 0.05) is 36.4 Å². The molecule has 0 fully saturated rings. The Bertz CT molecular complexity index is 980. The smallest absolute Gasteiger partial charge is 0.329 e. The molecular formula is C20H20F3N5. The summed E-state index contributed by atoms with van der Waals surface area (Å²) in [5.41, 5.74) is 6.44. The second kappa shape index (κ2) is 6.54. The number of pyridine rings is 2. The molecule has 0 saturated carbocycles. The molecule has 5 nitrogen and oxygen atoms in total. The number of rotatable bonds is 2. The van der Waals surface area contributed by atoms with Crippen LogP contribution in [-0.2, 0) is 6.18 Å². The van der Waals surface area contributed by atoms with Crippen LogP contribution in [0.15, 0.2) is 48.6 Å². The van der Waals surface area contributed by atoms with E-state index in [0.717, 1.165) is 28.6 Å². The van der Waals surface area contributed by atoms with Gasteiger partial charge in [0.25, 0.3) is 0 Å². The van der Waals surface area contributed by atoms with Crippen LogP contribution in [0.1, 0.15) is 29.4 Å². The van der Waals surface area contributed by atoms with Gasteiger partial charge in [-0.15, -0.1) is 0 Å². The zero-order valence-corrected chi connectivity index (χ0v) is 15.7. The molecule has 1 atom stereocenters. The van der Waals surface area contributed by atoms with Crippen molar-refractivity contribution in [1.82, 2.24) is 20.4 Å². The van der Waals surface area contributed by atoms with E-state index >= 15 is 0 Å². The summed E-state index contributed by atoms with van der Waals surface area (Å²) < 4.78 is 39.1. The summed E-state index contributed by atoms with van der Waals surface area (Å²) in [6.45, 7) is 5.98. The largest absolute Gasteiger partial charge is 0.418 e. The van der Waals surface area contributed by atoms with Crippen molar-refractivity contribution in [2.24, 2.45) is 0 Å². The first kappa shape index (κ1) is 18.3. The Kier molecular flexibility index (Phi) is 4.28. The monoisotopic (exact) mass is 387 g/mol. The number of hydrogen-bond acceptors (Lipinski definition) is 5. The molecule has 0 radical (unpaired) electrons. The lowest BCUT2D eigenvalue weighted by Crippen LogP contribution is -2.47. The lowest BCUT2D eigenvalue weighted by Gasteiger charge is -2.38. The molecule has 2 aliphatic rings. The highest BCUT2D eigenvalue weighted by atomic mass is 19.4. The Hall–Kier alpha value is -3.03. The van der Waals surface area contributed by atoms with E-state index in [-0.39, 0.29) is 11.7 Å². The topological polar surface area (TPSA) is 44.3 Å². The molecule has 0 amide bonds. The van der Waals surface area contributed by atoms with Crippen LogP contribution < -0.4 is 10.3 Å². The summed E-state index contributed by atoms with van der Waals surface area (Å²) in [6.07, 6.45) is 1.23. The number of hydrazine groups is 1. The van der Waals surface area contributed by atoms with Crippen LogP contribution in [0.25, 0.3) is 5.57 Å². The molecule has 1 unspecified atom stereocenters. The quantitative estimate of drug-likeness (QED) is 0.843.